The van der Waals surface area contributed by atoms with Crippen LogP contribution >= 0.6 is 7.92 Å². The van der Waals surface area contributed by atoms with Gasteiger partial charge in [-0.1, -0.05) is 220 Å². The molecule has 2 aromatic heterocycles. The fourth-order valence-electron chi connectivity index (χ4n) is 12.7. The number of phenols is 1. The summed E-state index contributed by atoms with van der Waals surface area (Å²) in [4.78, 5) is 129. The lowest BCUT2D eigenvalue weighted by atomic mass is 10.0. The largest absolute Gasteiger partial charge is 0.508 e. The van der Waals surface area contributed by atoms with Gasteiger partial charge in [0.1, 0.15) is 61.1 Å². The van der Waals surface area contributed by atoms with E-state index in [1.165, 1.54) is 64.4 Å². The van der Waals surface area contributed by atoms with Gasteiger partial charge in [-0.25, -0.2) is 56.2 Å². The summed E-state index contributed by atoms with van der Waals surface area (Å²) in [6, 6.07) is 92.3. The van der Waals surface area contributed by atoms with Gasteiger partial charge < -0.3 is 48.8 Å². The predicted octanol–water partition coefficient (Wildman–Crippen LogP) is 8.26. The number of hydrogen-bond donors (Lipinski definition) is 4. The van der Waals surface area contributed by atoms with Crippen LogP contribution in [0.15, 0.2) is 338 Å². The first-order valence-corrected chi connectivity index (χ1v) is 40.2. The van der Waals surface area contributed by atoms with Crippen LogP contribution in [0.25, 0.3) is 0 Å². The Morgan fingerprint density at radius 1 is 0.295 bits per heavy atom. The van der Waals surface area contributed by atoms with Crippen molar-refractivity contribution in [2.24, 2.45) is 0 Å². The number of epoxide rings is 3. The molecule has 13 aromatic rings. The van der Waals surface area contributed by atoms with Crippen LogP contribution in [0, 0.1) is 0 Å². The van der Waals surface area contributed by atoms with Gasteiger partial charge in [0.2, 0.25) is 0 Å². The molecule has 3 fully saturated rings. The summed E-state index contributed by atoms with van der Waals surface area (Å²) in [7, 11) is -0.446. The molecule has 27 heteroatoms. The monoisotopic (exact) mass is 1660 g/mol. The third-order valence-corrected chi connectivity index (χ3v) is 21.8. The number of aliphatic hydroxyl groups is 3. The Balaban J connectivity index is 0.000000192. The van der Waals surface area contributed by atoms with Crippen LogP contribution in [-0.4, -0.2) is 147 Å². The zero-order chi connectivity index (χ0) is 84.7. The molecule has 0 radical (unpaired) electrons. The van der Waals surface area contributed by atoms with E-state index in [2.05, 4.69) is 91.0 Å². The fourth-order valence-corrected chi connectivity index (χ4v) is 15.0. The molecule has 3 aliphatic heterocycles. The summed E-state index contributed by atoms with van der Waals surface area (Å²) in [5.74, 6) is 0.406. The molecule has 6 atom stereocenters. The number of hydrogen-bond acceptors (Lipinski definition) is 20. The van der Waals surface area contributed by atoms with Crippen LogP contribution in [-0.2, 0) is 53.5 Å². The molecule has 4 N–H and O–H groups in total. The maximum Gasteiger partial charge on any atom is 0.336 e. The van der Waals surface area contributed by atoms with E-state index in [4.69, 9.17) is 33.5 Å². The van der Waals surface area contributed by atoms with Gasteiger partial charge >= 0.3 is 34.1 Å². The van der Waals surface area contributed by atoms with Crippen molar-refractivity contribution in [1.29, 1.82) is 0 Å². The first kappa shape index (κ1) is 87.6. The number of nitrogens with zero attached hydrogens (tertiary/aromatic N) is 6. The van der Waals surface area contributed by atoms with Crippen LogP contribution in [0.1, 0.15) is 71.1 Å². The Morgan fingerprint density at radius 3 is 0.697 bits per heavy atom. The number of ether oxygens (including phenoxy) is 6. The minimum atomic E-state index is -1.48. The Bertz CT molecular complexity index is 5460. The van der Waals surface area contributed by atoms with Crippen molar-refractivity contribution in [3.63, 3.8) is 0 Å². The number of benzene rings is 11. The molecule has 0 aliphatic carbocycles. The maximum absolute atomic E-state index is 13.8. The van der Waals surface area contributed by atoms with Gasteiger partial charge in [0.25, 0.3) is 0 Å². The molecule has 3 aliphatic rings. The van der Waals surface area contributed by atoms with Gasteiger partial charge in [-0.15, -0.1) is 0 Å². The minimum Gasteiger partial charge on any atom is -0.508 e. The van der Waals surface area contributed by atoms with Crippen LogP contribution in [0.3, 0.4) is 0 Å². The van der Waals surface area contributed by atoms with Crippen molar-refractivity contribution in [2.75, 3.05) is 39.6 Å². The number of carbonyl (C=O) groups excluding carboxylic acids is 4. The zero-order valence-electron chi connectivity index (χ0n) is 65.3. The van der Waals surface area contributed by atoms with Crippen molar-refractivity contribution in [1.82, 2.24) is 27.4 Å². The lowest BCUT2D eigenvalue weighted by Gasteiger charge is -2.20. The molecule has 624 valence electrons. The van der Waals surface area contributed by atoms with Crippen molar-refractivity contribution in [2.45, 2.75) is 83.3 Å². The maximum atomic E-state index is 13.8. The molecule has 0 amide bonds. The Hall–Kier alpha value is -13.7. The van der Waals surface area contributed by atoms with Crippen LogP contribution < -0.4 is 64.3 Å². The molecule has 3 saturated heterocycles. The highest BCUT2D eigenvalue weighted by atomic mass is 31.1. The lowest BCUT2D eigenvalue weighted by molar-refractivity contribution is 0.0748. The normalized spacial score (nSPS) is 14.6. The quantitative estimate of drug-likeness (QED) is 0.0175. The number of rotatable bonds is 32. The number of aromatic hydroxyl groups is 1. The molecule has 26 nitrogen and oxygen atoms in total. The third-order valence-electron chi connectivity index (χ3n) is 19.3. The van der Waals surface area contributed by atoms with E-state index in [-0.39, 0.29) is 91.5 Å². The van der Waals surface area contributed by atoms with Gasteiger partial charge in [-0.3, -0.25) is 19.2 Å². The Labute approximate surface area is 701 Å². The highest BCUT2D eigenvalue weighted by Crippen LogP contribution is 2.32. The minimum absolute atomic E-state index is 0. The summed E-state index contributed by atoms with van der Waals surface area (Å²) < 4.78 is 37.4. The first-order chi connectivity index (χ1) is 58.8. The topological polar surface area (TPSA) is 346 Å². The molecule has 16 rings (SSSR count). The van der Waals surface area contributed by atoms with Crippen LogP contribution in [0.2, 0.25) is 0 Å². The van der Waals surface area contributed by atoms with Crippen LogP contribution in [0.4, 0.5) is 0 Å². The second-order valence-corrected chi connectivity index (χ2v) is 30.6. The van der Waals surface area contributed by atoms with Gasteiger partial charge in [-0.2, -0.15) is 0 Å². The molecule has 122 heavy (non-hydrogen) atoms. The summed E-state index contributed by atoms with van der Waals surface area (Å²) in [5.41, 5.74) is -1.26. The van der Waals surface area contributed by atoms with Gasteiger partial charge in [0, 0.05) is 44.5 Å². The molecule has 5 heterocycles. The molecule has 11 aromatic carbocycles. The Kier molecular flexibility index (Phi) is 30.4. The lowest BCUT2D eigenvalue weighted by Crippen LogP contribution is -2.57. The Morgan fingerprint density at radius 2 is 0.484 bits per heavy atom. The third kappa shape index (κ3) is 23.9. The number of phenolic OH excluding ortho intramolecular Hbond substituents is 1. The van der Waals surface area contributed by atoms with E-state index in [9.17, 15) is 63.3 Å². The van der Waals surface area contributed by atoms with Gasteiger partial charge in [0.05, 0.1) is 77.4 Å². The van der Waals surface area contributed by atoms with Crippen molar-refractivity contribution >= 4 is 47.0 Å². The molecular weight excluding hydrogens is 1580 g/mol. The number of aromatic nitrogens is 6. The van der Waals surface area contributed by atoms with E-state index in [1.54, 1.807) is 152 Å². The fraction of sp³-hybridized carbons (Fsp3) is 0.200. The molecule has 0 bridgehead atoms. The van der Waals surface area contributed by atoms with E-state index in [1.807, 2.05) is 18.2 Å². The predicted molar refractivity (Wildman–Crippen MR) is 461 cm³/mol. The first-order valence-electron chi connectivity index (χ1n) is 38.9. The van der Waals surface area contributed by atoms with E-state index >= 15 is 0 Å². The average molecular weight is 1670 g/mol. The van der Waals surface area contributed by atoms with Gasteiger partial charge in [0.15, 0.2) is 23.1 Å². The molecule has 6 unspecified atom stereocenters. The summed E-state index contributed by atoms with van der Waals surface area (Å²) in [5, 5.41) is 46.4. The smallest absolute Gasteiger partial charge is 0.336 e. The summed E-state index contributed by atoms with van der Waals surface area (Å²) in [6.45, 7) is -1.05. The SMILES string of the molecule is C.O=C(c1ccccc1)c1ccc(O)cc1.O=C(c1ccccc1)c1ccc(OCC(O)Cn2c(=O)n(CC(O)COc3ccc(C(=O)c4ccccc4)cc3)c(=O)n(CC(O)COc3ccc(C(=O)c4ccccc4)cc3)c2=O)cc1.O=c1n(CC2CO2)c(=O)n(CC2CO2)c(=O)n1CC1CO1.c1ccc(P(c2ccccc2)c2ccccc2)cc1. The second-order valence-electron chi connectivity index (χ2n) is 28.4. The van der Waals surface area contributed by atoms with Crippen LogP contribution in [0.5, 0.6) is 23.0 Å². The van der Waals surface area contributed by atoms with Crippen molar-refractivity contribution in [3.05, 3.63) is 417 Å². The van der Waals surface area contributed by atoms with Gasteiger partial charge in [-0.05, 0) is 121 Å². The highest BCUT2D eigenvalue weighted by molar-refractivity contribution is 7.79. The van der Waals surface area contributed by atoms with Crippen molar-refractivity contribution in [3.8, 4) is 23.0 Å². The highest BCUT2D eigenvalue weighted by Gasteiger charge is 2.32. The van der Waals surface area contributed by atoms with Crippen molar-refractivity contribution < 1.29 is 68.0 Å². The molecular formula is C95H89N6O20P. The second kappa shape index (κ2) is 42.3. The zero-order valence-corrected chi connectivity index (χ0v) is 66.2. The summed E-state index contributed by atoms with van der Waals surface area (Å²) >= 11 is 0. The summed E-state index contributed by atoms with van der Waals surface area (Å²) in [6.07, 6.45) is -4.79. The van der Waals surface area contributed by atoms with E-state index < -0.39 is 99.8 Å². The van der Waals surface area contributed by atoms with E-state index in [0.29, 0.717) is 78.0 Å². The molecule has 0 spiro atoms. The number of aliphatic hydroxyl groups excluding tert-OH is 3. The van der Waals surface area contributed by atoms with E-state index in [0.717, 1.165) is 13.7 Å². The number of carbonyl (C=O) groups is 4. The average Bonchev–Trinajstić information content (AvgIpc) is 1.49. The number of ketones is 4. The molecule has 0 saturated carbocycles. The standard InChI is InChI=1S/C51H45N3O12.C18H15P.C13H10O2.C12H15N3O6.CH4/c55-40(31-64-43-22-16-37(17-23-43)46(58)34-10-4-1-5-11-34)28-52-49(61)53(29-41(56)32-65-44-24-18-38(19-25-44)47(59)35-12-6-2-7-13-35)51(63)54(50(52)62)30-42(57)33-66-45-26-20-39(21-27-45)48(60)36-14-8-3-9-15-36;1-4-10-16(11-5-1)19(17-12-6-2-7-13-17)18-14-8-3-9-15-18;14-12-8-6-11(7-9-12)13(15)10-4-2-1-3-5-10;16-10-13(1-7-4-19-7)11(17)15(3-9-6-21-9)12(18)14(10)2-8-5-20-8;/h1-27,40-42,55-57H,28-33H2;1-15H;1-9,14H;7-9H,1-6H2;1H4.